The molecule has 0 spiro atoms. The summed E-state index contributed by atoms with van der Waals surface area (Å²) in [6.07, 6.45) is 35.7. The number of phosphoric acid groups is 1. The van der Waals surface area contributed by atoms with Crippen LogP contribution in [0.25, 0.3) is 0 Å². The van der Waals surface area contributed by atoms with Gasteiger partial charge in [0.05, 0.1) is 33.9 Å². The molecule has 1 rings (SSSR count). The zero-order chi connectivity index (χ0) is 52.8. The number of aliphatic hydroxyl groups excluding tert-OH is 1. The number of rotatable bonds is 45. The Morgan fingerprint density at radius 2 is 1.35 bits per heavy atom. The van der Waals surface area contributed by atoms with E-state index < -0.39 is 62.4 Å². The van der Waals surface area contributed by atoms with Gasteiger partial charge in [-0.1, -0.05) is 140 Å². The molecule has 1 aromatic heterocycles. The zero-order valence-electron chi connectivity index (χ0n) is 44.8. The van der Waals surface area contributed by atoms with E-state index in [-0.39, 0.29) is 38.0 Å². The van der Waals surface area contributed by atoms with Crippen molar-refractivity contribution < 1.29 is 61.5 Å². The maximum atomic E-state index is 13.1. The monoisotopic (exact) mass is 1040 g/mol. The number of allylic oxidation sites excluding steroid dienone is 7. The Balaban J connectivity index is 2.66. The van der Waals surface area contributed by atoms with E-state index >= 15 is 0 Å². The van der Waals surface area contributed by atoms with Crippen LogP contribution >= 0.6 is 19.6 Å². The molecule has 5 atom stereocenters. The first kappa shape index (κ1) is 66.0. The van der Waals surface area contributed by atoms with Gasteiger partial charge in [0.1, 0.15) is 37.3 Å². The highest BCUT2D eigenvalue weighted by molar-refractivity contribution is 8.00. The highest BCUT2D eigenvalue weighted by Crippen LogP contribution is 2.38. The molecule has 408 valence electrons. The molecule has 0 aromatic carbocycles. The van der Waals surface area contributed by atoms with Gasteiger partial charge in [-0.15, -0.1) is 11.8 Å². The fourth-order valence-electron chi connectivity index (χ4n) is 7.45. The molecule has 14 nitrogen and oxygen atoms in total. The predicted octanol–water partition coefficient (Wildman–Crippen LogP) is 11.4. The number of carboxylic acids is 1. The number of nitrogens with two attached hydrogens (primary N) is 1. The molecule has 0 fully saturated rings. The number of furan rings is 1. The van der Waals surface area contributed by atoms with Crippen molar-refractivity contribution in [3.8, 4) is 0 Å². The van der Waals surface area contributed by atoms with Crippen molar-refractivity contribution in [3.63, 3.8) is 0 Å². The van der Waals surface area contributed by atoms with Gasteiger partial charge in [0.2, 0.25) is 0 Å². The number of aryl methyl sites for hydroxylation is 2. The molecular weight excluding hydrogens is 944 g/mol. The van der Waals surface area contributed by atoms with Crippen molar-refractivity contribution >= 4 is 37.5 Å². The normalized spacial score (nSPS) is 15.0. The highest BCUT2D eigenvalue weighted by atomic mass is 32.2. The molecule has 1 unspecified atom stereocenters. The summed E-state index contributed by atoms with van der Waals surface area (Å²) in [6.45, 7) is 7.94. The number of quaternary nitrogens is 1. The van der Waals surface area contributed by atoms with Crippen molar-refractivity contribution in [2.24, 2.45) is 5.73 Å². The molecule has 0 saturated heterocycles. The van der Waals surface area contributed by atoms with Crippen molar-refractivity contribution in [1.82, 2.24) is 0 Å². The smallest absolute Gasteiger partial charge is 0.323 e. The third-order valence-corrected chi connectivity index (χ3v) is 14.4. The lowest BCUT2D eigenvalue weighted by atomic mass is 10.0. The van der Waals surface area contributed by atoms with Gasteiger partial charge < -0.3 is 48.3 Å². The van der Waals surface area contributed by atoms with Crippen LogP contribution < -0.4 is 10.6 Å². The Hall–Kier alpha value is -3.01. The molecule has 0 bridgehead atoms. The maximum absolute atomic E-state index is 13.1. The van der Waals surface area contributed by atoms with E-state index in [2.05, 4.69) is 39.8 Å². The van der Waals surface area contributed by atoms with Crippen molar-refractivity contribution in [3.05, 3.63) is 71.3 Å². The Kier molecular flexibility index (Phi) is 37.5. The van der Waals surface area contributed by atoms with Gasteiger partial charge in [-0.2, -0.15) is 0 Å². The first-order chi connectivity index (χ1) is 33.9. The summed E-state index contributed by atoms with van der Waals surface area (Å²) < 4.78 is 40.4. The zero-order valence-corrected chi connectivity index (χ0v) is 46.5. The predicted molar refractivity (Wildman–Crippen MR) is 286 cm³/mol. The second-order valence-corrected chi connectivity index (χ2v) is 22.3. The first-order valence-corrected chi connectivity index (χ1v) is 29.2. The number of aliphatic carboxylic acids is 1. The van der Waals surface area contributed by atoms with Gasteiger partial charge in [0, 0.05) is 36.7 Å². The average molecular weight is 1040 g/mol. The van der Waals surface area contributed by atoms with E-state index in [1.54, 1.807) is 12.2 Å². The van der Waals surface area contributed by atoms with Crippen molar-refractivity contribution in [2.45, 2.75) is 205 Å². The molecule has 71 heavy (non-hydrogen) atoms. The number of esters is 2. The van der Waals surface area contributed by atoms with Crippen LogP contribution in [0.4, 0.5) is 0 Å². The molecule has 0 amide bonds. The standard InChI is InChI=1S/C55H95N2O12PS/c1-8-10-12-13-14-15-16-17-21-24-27-31-37-52(49(58)34-33-38-53(59)60)71-44-48(56)55(62)65-42-47(43-67-70(63,64)66-41-40-57(5,6)7)68-54(61)39-32-28-25-22-19-18-20-23-26-30-36-51-46(4)45(3)50(69-51)35-29-11-9-2/h14-15,17,21,24,27,31,37,47-49,52,58H,8-13,16,18-20,22-23,25-26,28-30,32-36,38-44,56H2,1-7H3,(H-,59,60,63,64)/b15-14-,21-17-,27-24+,37-31+/t47-,48+,49+,52-/m1/s1. The number of ether oxygens (including phenoxy) is 2. The van der Waals surface area contributed by atoms with Gasteiger partial charge >= 0.3 is 17.9 Å². The molecule has 16 heteroatoms. The molecule has 4 N–H and O–H groups in total. The van der Waals surface area contributed by atoms with Gasteiger partial charge in [-0.05, 0) is 76.3 Å². The number of carbonyl (C=O) groups is 3. The molecule has 0 aliphatic rings. The van der Waals surface area contributed by atoms with Crippen LogP contribution in [0.2, 0.25) is 0 Å². The Morgan fingerprint density at radius 3 is 1.97 bits per heavy atom. The summed E-state index contributed by atoms with van der Waals surface area (Å²) in [6, 6.07) is -1.15. The minimum Gasteiger partial charge on any atom is -0.756 e. The average Bonchev–Trinajstić information content (AvgIpc) is 3.58. The minimum atomic E-state index is -4.78. The Morgan fingerprint density at radius 1 is 0.761 bits per heavy atom. The third kappa shape index (κ3) is 35.7. The first-order valence-electron chi connectivity index (χ1n) is 26.6. The molecule has 0 radical (unpaired) electrons. The van der Waals surface area contributed by atoms with E-state index in [9.17, 15) is 28.9 Å². The number of likely N-dealkylation sites (N-methyl/N-ethyl adjacent to an activating group) is 1. The number of unbranched alkanes of at least 4 members (excludes halogenated alkanes) is 14. The number of carboxylic acid groups (broad SMARTS) is 1. The lowest BCUT2D eigenvalue weighted by Crippen LogP contribution is -2.39. The SMILES string of the molecule is CCCCC/C=C\C\C=C/C=C/C=C/[C@@H](SC[C@H](N)C(=O)OC[C@H](COP(=O)([O-])OCC[N+](C)(C)C)OC(=O)CCCCCCCCCCCCc1oc(CCCCC)c(C)c1C)[C@@H](O)CCCC(=O)O. The van der Waals surface area contributed by atoms with Crippen LogP contribution in [-0.2, 0) is 50.3 Å². The molecule has 0 saturated carbocycles. The highest BCUT2D eigenvalue weighted by Gasteiger charge is 2.25. The van der Waals surface area contributed by atoms with Gasteiger partial charge in [-0.25, -0.2) is 0 Å². The van der Waals surface area contributed by atoms with Crippen LogP contribution in [0.5, 0.6) is 0 Å². The van der Waals surface area contributed by atoms with Gasteiger partial charge in [-0.3, -0.25) is 18.9 Å². The number of hydrogen-bond donors (Lipinski definition) is 3. The summed E-state index contributed by atoms with van der Waals surface area (Å²) in [7, 11) is 0.887. The lowest BCUT2D eigenvalue weighted by molar-refractivity contribution is -0.870. The van der Waals surface area contributed by atoms with Gasteiger partial charge in [0.15, 0.2) is 6.10 Å². The van der Waals surface area contributed by atoms with Crippen LogP contribution in [0, 0.1) is 13.8 Å². The molecule has 1 heterocycles. The number of carbonyl (C=O) groups excluding carboxylic acids is 2. The fraction of sp³-hybridized carbons (Fsp3) is 0.727. The maximum Gasteiger partial charge on any atom is 0.323 e. The van der Waals surface area contributed by atoms with Crippen molar-refractivity contribution in [1.29, 1.82) is 0 Å². The van der Waals surface area contributed by atoms with E-state index in [0.717, 1.165) is 63.5 Å². The summed E-state index contributed by atoms with van der Waals surface area (Å²) in [5, 5.41) is 19.5. The van der Waals surface area contributed by atoms with Crippen LogP contribution in [0.1, 0.15) is 178 Å². The number of thioether (sulfide) groups is 1. The van der Waals surface area contributed by atoms with E-state index in [4.69, 9.17) is 33.8 Å². The van der Waals surface area contributed by atoms with Crippen LogP contribution in [0.3, 0.4) is 0 Å². The second-order valence-electron chi connectivity index (χ2n) is 19.7. The summed E-state index contributed by atoms with van der Waals surface area (Å²) in [4.78, 5) is 49.7. The fourth-order valence-corrected chi connectivity index (χ4v) is 9.31. The Labute approximate surface area is 432 Å². The van der Waals surface area contributed by atoms with Crippen LogP contribution in [-0.4, -0.2) is 109 Å². The molecular formula is C55H95N2O12PS. The number of phosphoric ester groups is 1. The molecule has 0 aliphatic carbocycles. The second kappa shape index (κ2) is 40.4. The minimum absolute atomic E-state index is 0.0425. The van der Waals surface area contributed by atoms with E-state index in [1.807, 2.05) is 45.4 Å². The number of nitrogens with zero attached hydrogens (tertiary/aromatic N) is 1. The molecule has 0 aliphatic heterocycles. The number of hydrogen-bond acceptors (Lipinski definition) is 13. The largest absolute Gasteiger partial charge is 0.756 e. The summed E-state index contributed by atoms with van der Waals surface area (Å²) in [5.74, 6) is 0.0244. The van der Waals surface area contributed by atoms with Crippen molar-refractivity contribution in [2.75, 3.05) is 53.3 Å². The summed E-state index contributed by atoms with van der Waals surface area (Å²) in [5.41, 5.74) is 8.87. The number of aliphatic hydroxyl groups is 1. The quantitative estimate of drug-likeness (QED) is 0.0139. The van der Waals surface area contributed by atoms with Gasteiger partial charge in [0.25, 0.3) is 7.82 Å². The van der Waals surface area contributed by atoms with E-state index in [1.165, 1.54) is 92.9 Å². The third-order valence-electron chi connectivity index (χ3n) is 12.1. The van der Waals surface area contributed by atoms with Crippen LogP contribution in [0.15, 0.2) is 53.0 Å². The lowest BCUT2D eigenvalue weighted by Gasteiger charge is -2.28. The molecule has 1 aromatic rings. The summed E-state index contributed by atoms with van der Waals surface area (Å²) >= 11 is 1.22. The topological polar surface area (TPSA) is 208 Å². The Bertz CT molecular complexity index is 1760. The van der Waals surface area contributed by atoms with E-state index in [0.29, 0.717) is 17.4 Å².